The van der Waals surface area contributed by atoms with Crippen LogP contribution in [0.5, 0.6) is 0 Å². The molecular weight excluding hydrogens is 284 g/mol. The van der Waals surface area contributed by atoms with Crippen LogP contribution in [0.2, 0.25) is 5.02 Å². The normalized spacial score (nSPS) is 24.5. The van der Waals surface area contributed by atoms with E-state index in [-0.39, 0.29) is 6.10 Å². The number of hydrogen-bond donors (Lipinski definition) is 1. The molecule has 1 atom stereocenters. The van der Waals surface area contributed by atoms with Crippen molar-refractivity contribution in [1.29, 1.82) is 0 Å². The van der Waals surface area contributed by atoms with Crippen LogP contribution in [0.25, 0.3) is 0 Å². The molecule has 3 nitrogen and oxygen atoms in total. The highest BCUT2D eigenvalue weighted by Crippen LogP contribution is 2.36. The third kappa shape index (κ3) is 3.81. The average molecular weight is 313 g/mol. The van der Waals surface area contributed by atoms with E-state index in [1.165, 1.54) is 12.8 Å². The summed E-state index contributed by atoms with van der Waals surface area (Å²) >= 11 is 6.38. The van der Waals surface area contributed by atoms with Gasteiger partial charge in [-0.1, -0.05) is 32.4 Å². The zero-order valence-electron chi connectivity index (χ0n) is 13.8. The summed E-state index contributed by atoms with van der Waals surface area (Å²) in [5.41, 5.74) is 1.91. The Balaban J connectivity index is 1.96. The van der Waals surface area contributed by atoms with Crippen molar-refractivity contribution in [3.8, 4) is 0 Å². The molecule has 4 heteroatoms. The van der Waals surface area contributed by atoms with Gasteiger partial charge in [0.15, 0.2) is 0 Å². The van der Waals surface area contributed by atoms with E-state index in [2.05, 4.69) is 25.9 Å². The van der Waals surface area contributed by atoms with Crippen molar-refractivity contribution in [3.05, 3.63) is 16.4 Å². The molecule has 1 fully saturated rings. The fraction of sp³-hybridized carbons (Fsp3) is 0.824. The number of aliphatic hydroxyl groups excluding tert-OH is 1. The molecule has 0 amide bonds. The molecule has 0 aromatic carbocycles. The Hall–Kier alpha value is -0.540. The lowest BCUT2D eigenvalue weighted by atomic mass is 9.74. The summed E-state index contributed by atoms with van der Waals surface area (Å²) in [4.78, 5) is 0. The molecule has 1 unspecified atom stereocenters. The molecule has 1 aromatic heterocycles. The minimum absolute atomic E-state index is 0.296. The van der Waals surface area contributed by atoms with Gasteiger partial charge in [0.1, 0.15) is 0 Å². The van der Waals surface area contributed by atoms with Crippen LogP contribution in [0, 0.1) is 17.8 Å². The quantitative estimate of drug-likeness (QED) is 0.892. The molecule has 0 aliphatic heterocycles. The molecule has 0 saturated heterocycles. The van der Waals surface area contributed by atoms with Crippen molar-refractivity contribution in [3.63, 3.8) is 0 Å². The Bertz CT molecular complexity index is 462. The lowest BCUT2D eigenvalue weighted by molar-refractivity contribution is 0.0661. The highest BCUT2D eigenvalue weighted by atomic mass is 35.5. The Morgan fingerprint density at radius 1 is 1.24 bits per heavy atom. The van der Waals surface area contributed by atoms with Crippen LogP contribution in [0.3, 0.4) is 0 Å². The molecule has 120 valence electrons. The van der Waals surface area contributed by atoms with Gasteiger partial charge in [0.25, 0.3) is 0 Å². The predicted octanol–water partition coefficient (Wildman–Crippen LogP) is 4.00. The maximum absolute atomic E-state index is 10.6. The highest BCUT2D eigenvalue weighted by molar-refractivity contribution is 6.31. The van der Waals surface area contributed by atoms with Gasteiger partial charge < -0.3 is 5.11 Å². The number of rotatable bonds is 5. The Labute approximate surface area is 133 Å². The van der Waals surface area contributed by atoms with Gasteiger partial charge >= 0.3 is 0 Å². The van der Waals surface area contributed by atoms with Crippen molar-refractivity contribution in [2.24, 2.45) is 24.8 Å². The number of aliphatic hydroxyl groups is 1. The van der Waals surface area contributed by atoms with Gasteiger partial charge in [0, 0.05) is 13.5 Å². The van der Waals surface area contributed by atoms with Crippen molar-refractivity contribution in [2.75, 3.05) is 0 Å². The first-order valence-electron chi connectivity index (χ1n) is 8.32. The molecule has 1 aliphatic rings. The molecule has 1 aromatic rings. The molecule has 1 N–H and O–H groups in total. The second kappa shape index (κ2) is 7.15. The average Bonchev–Trinajstić information content (AvgIpc) is 2.74. The molecule has 21 heavy (non-hydrogen) atoms. The third-order valence-corrected chi connectivity index (χ3v) is 5.65. The lowest BCUT2D eigenvalue weighted by Crippen LogP contribution is -2.29. The van der Waals surface area contributed by atoms with Crippen LogP contribution >= 0.6 is 11.6 Å². The summed E-state index contributed by atoms with van der Waals surface area (Å²) in [5, 5.41) is 15.8. The summed E-state index contributed by atoms with van der Waals surface area (Å²) in [6, 6.07) is 0. The third-order valence-electron chi connectivity index (χ3n) is 5.21. The highest BCUT2D eigenvalue weighted by Gasteiger charge is 2.29. The van der Waals surface area contributed by atoms with E-state index in [0.717, 1.165) is 47.5 Å². The van der Waals surface area contributed by atoms with E-state index in [4.69, 9.17) is 11.6 Å². The Morgan fingerprint density at radius 2 is 1.81 bits per heavy atom. The largest absolute Gasteiger partial charge is 0.392 e. The minimum Gasteiger partial charge on any atom is -0.392 e. The standard InChI is InChI=1S/C17H29ClN2O/c1-5-14-17(18)15(20(4)19-14)10-16(21)13-8-6-12(7-9-13)11(2)3/h11-13,16,21H,5-10H2,1-4H3. The Morgan fingerprint density at radius 3 is 2.29 bits per heavy atom. The first-order valence-corrected chi connectivity index (χ1v) is 8.70. The molecular formula is C17H29ClN2O. The van der Waals surface area contributed by atoms with Gasteiger partial charge in [0.05, 0.1) is 22.5 Å². The van der Waals surface area contributed by atoms with Crippen LogP contribution in [0.1, 0.15) is 57.8 Å². The fourth-order valence-electron chi connectivity index (χ4n) is 3.60. The summed E-state index contributed by atoms with van der Waals surface area (Å²) in [6.45, 7) is 6.67. The second-order valence-corrected chi connectivity index (χ2v) is 7.25. The second-order valence-electron chi connectivity index (χ2n) is 6.87. The number of halogens is 1. The van der Waals surface area contributed by atoms with E-state index in [0.29, 0.717) is 12.3 Å². The molecule has 0 bridgehead atoms. The van der Waals surface area contributed by atoms with Crippen LogP contribution in [0.15, 0.2) is 0 Å². The zero-order valence-corrected chi connectivity index (χ0v) is 14.5. The molecule has 0 radical (unpaired) electrons. The van der Waals surface area contributed by atoms with E-state index < -0.39 is 0 Å². The van der Waals surface area contributed by atoms with Gasteiger partial charge in [-0.25, -0.2) is 0 Å². The smallest absolute Gasteiger partial charge is 0.0850 e. The Kier molecular flexibility index (Phi) is 5.73. The van der Waals surface area contributed by atoms with E-state index in [1.54, 1.807) is 0 Å². The maximum Gasteiger partial charge on any atom is 0.0850 e. The summed E-state index contributed by atoms with van der Waals surface area (Å²) in [5.74, 6) is 2.01. The first-order chi connectivity index (χ1) is 9.93. The minimum atomic E-state index is -0.296. The monoisotopic (exact) mass is 312 g/mol. The van der Waals surface area contributed by atoms with Gasteiger partial charge in [-0.2, -0.15) is 5.10 Å². The zero-order chi connectivity index (χ0) is 15.6. The molecule has 1 saturated carbocycles. The molecule has 0 spiro atoms. The lowest BCUT2D eigenvalue weighted by Gasteiger charge is -2.33. The van der Waals surface area contributed by atoms with Crippen molar-refractivity contribution >= 4 is 11.6 Å². The summed E-state index contributed by atoms with van der Waals surface area (Å²) in [7, 11) is 1.92. The number of aryl methyl sites for hydroxylation is 2. The van der Waals surface area contributed by atoms with Crippen LogP contribution in [-0.2, 0) is 19.9 Å². The van der Waals surface area contributed by atoms with E-state index in [9.17, 15) is 5.11 Å². The van der Waals surface area contributed by atoms with Crippen molar-refractivity contribution in [2.45, 2.75) is 65.4 Å². The van der Waals surface area contributed by atoms with E-state index in [1.807, 2.05) is 11.7 Å². The van der Waals surface area contributed by atoms with E-state index >= 15 is 0 Å². The fourth-order valence-corrected chi connectivity index (χ4v) is 3.97. The SMILES string of the molecule is CCc1nn(C)c(CC(O)C2CCC(C(C)C)CC2)c1Cl. The van der Waals surface area contributed by atoms with Gasteiger partial charge in [-0.15, -0.1) is 0 Å². The molecule has 1 aliphatic carbocycles. The van der Waals surface area contributed by atoms with Crippen LogP contribution < -0.4 is 0 Å². The topological polar surface area (TPSA) is 38.0 Å². The predicted molar refractivity (Wildman–Crippen MR) is 87.6 cm³/mol. The van der Waals surface area contributed by atoms with Gasteiger partial charge in [-0.05, 0) is 49.9 Å². The molecule has 2 rings (SSSR count). The number of aromatic nitrogens is 2. The summed E-state index contributed by atoms with van der Waals surface area (Å²) < 4.78 is 1.84. The summed E-state index contributed by atoms with van der Waals surface area (Å²) in [6.07, 6.45) is 5.94. The number of nitrogens with zero attached hydrogens (tertiary/aromatic N) is 2. The van der Waals surface area contributed by atoms with Crippen LogP contribution in [0.4, 0.5) is 0 Å². The maximum atomic E-state index is 10.6. The first kappa shape index (κ1) is 16.8. The molecule has 1 heterocycles. The van der Waals surface area contributed by atoms with Gasteiger partial charge in [0.2, 0.25) is 0 Å². The van der Waals surface area contributed by atoms with Crippen molar-refractivity contribution < 1.29 is 5.11 Å². The number of hydrogen-bond acceptors (Lipinski definition) is 2. The van der Waals surface area contributed by atoms with Gasteiger partial charge in [-0.3, -0.25) is 4.68 Å². The van der Waals surface area contributed by atoms with Crippen molar-refractivity contribution in [1.82, 2.24) is 9.78 Å². The van der Waals surface area contributed by atoms with Crippen LogP contribution in [-0.4, -0.2) is 21.0 Å².